The van der Waals surface area contributed by atoms with E-state index in [0.717, 1.165) is 23.6 Å². The van der Waals surface area contributed by atoms with E-state index in [4.69, 9.17) is 4.74 Å². The first kappa shape index (κ1) is 17.2. The summed E-state index contributed by atoms with van der Waals surface area (Å²) in [7, 11) is 0. The molecule has 0 fully saturated rings. The van der Waals surface area contributed by atoms with Crippen LogP contribution < -0.4 is 4.74 Å². The molecule has 27 heavy (non-hydrogen) atoms. The minimum atomic E-state index is -0.0507. The van der Waals surface area contributed by atoms with Crippen molar-refractivity contribution in [1.82, 2.24) is 24.6 Å². The number of carbonyl (C=O) groups is 1. The van der Waals surface area contributed by atoms with Crippen molar-refractivity contribution in [3.8, 4) is 5.75 Å². The number of para-hydroxylation sites is 1. The number of amides is 1. The molecule has 0 saturated heterocycles. The highest BCUT2D eigenvalue weighted by Crippen LogP contribution is 2.17. The van der Waals surface area contributed by atoms with E-state index in [1.807, 2.05) is 36.4 Å². The minimum absolute atomic E-state index is 0.0507. The van der Waals surface area contributed by atoms with E-state index in [2.05, 4.69) is 22.0 Å². The summed E-state index contributed by atoms with van der Waals surface area (Å²) in [6.45, 7) is 4.04. The van der Waals surface area contributed by atoms with Crippen LogP contribution in [0.15, 0.2) is 48.7 Å². The molecule has 4 rings (SSSR count). The fourth-order valence-electron chi connectivity index (χ4n) is 3.07. The van der Waals surface area contributed by atoms with Gasteiger partial charge in [0.25, 0.3) is 5.91 Å². The molecule has 0 bridgehead atoms. The van der Waals surface area contributed by atoms with Gasteiger partial charge in [-0.1, -0.05) is 25.1 Å². The van der Waals surface area contributed by atoms with Crippen molar-refractivity contribution in [1.29, 1.82) is 0 Å². The third-order valence-electron chi connectivity index (χ3n) is 4.51. The van der Waals surface area contributed by atoms with E-state index in [9.17, 15) is 4.79 Å². The molecule has 0 N–H and O–H groups in total. The van der Waals surface area contributed by atoms with Gasteiger partial charge < -0.3 is 9.64 Å². The Bertz CT molecular complexity index is 939. The minimum Gasteiger partial charge on any atom is -0.487 e. The Kier molecular flexibility index (Phi) is 4.82. The summed E-state index contributed by atoms with van der Waals surface area (Å²) in [5, 5.41) is 4.50. The summed E-state index contributed by atoms with van der Waals surface area (Å²) in [6.07, 6.45) is 2.60. The molecule has 7 heteroatoms. The molecule has 0 spiro atoms. The second-order valence-corrected chi connectivity index (χ2v) is 6.39. The average Bonchev–Trinajstić information content (AvgIpc) is 3.14. The van der Waals surface area contributed by atoms with Crippen LogP contribution in [0.4, 0.5) is 0 Å². The Labute approximate surface area is 157 Å². The van der Waals surface area contributed by atoms with Gasteiger partial charge in [-0.25, -0.2) is 9.97 Å². The van der Waals surface area contributed by atoms with Gasteiger partial charge in [-0.2, -0.15) is 5.10 Å². The first-order valence-electron chi connectivity index (χ1n) is 9.07. The zero-order chi connectivity index (χ0) is 18.6. The Hall–Kier alpha value is -3.22. The maximum Gasteiger partial charge on any atom is 0.272 e. The van der Waals surface area contributed by atoms with Crippen molar-refractivity contribution in [2.24, 2.45) is 0 Å². The Balaban J connectivity index is 1.45. The molecule has 7 nitrogen and oxygen atoms in total. The lowest BCUT2D eigenvalue weighted by atomic mass is 10.2. The van der Waals surface area contributed by atoms with Gasteiger partial charge in [-0.15, -0.1) is 0 Å². The lowest BCUT2D eigenvalue weighted by Gasteiger charge is -2.26. The first-order valence-corrected chi connectivity index (χ1v) is 9.07. The SMILES string of the molecule is CCc1ccnc(CN2CCn3nc(COc4ccccc4)cc3C2=O)n1. The fourth-order valence-corrected chi connectivity index (χ4v) is 3.07. The summed E-state index contributed by atoms with van der Waals surface area (Å²) < 4.78 is 7.49. The summed E-state index contributed by atoms with van der Waals surface area (Å²) in [6, 6.07) is 13.3. The fraction of sp³-hybridized carbons (Fsp3) is 0.300. The molecule has 1 amide bonds. The number of hydrogen-bond acceptors (Lipinski definition) is 5. The van der Waals surface area contributed by atoms with Gasteiger partial charge in [-0.3, -0.25) is 9.48 Å². The lowest BCUT2D eigenvalue weighted by Crippen LogP contribution is -2.40. The van der Waals surface area contributed by atoms with Gasteiger partial charge in [0.2, 0.25) is 0 Å². The molecule has 3 heterocycles. The van der Waals surface area contributed by atoms with Crippen molar-refractivity contribution in [3.05, 3.63) is 71.6 Å². The quantitative estimate of drug-likeness (QED) is 0.673. The third kappa shape index (κ3) is 3.81. The predicted molar refractivity (Wildman–Crippen MR) is 99.2 cm³/mol. The number of aromatic nitrogens is 4. The van der Waals surface area contributed by atoms with Gasteiger partial charge >= 0.3 is 0 Å². The van der Waals surface area contributed by atoms with Crippen molar-refractivity contribution in [2.75, 3.05) is 6.54 Å². The average molecular weight is 363 g/mol. The highest BCUT2D eigenvalue weighted by atomic mass is 16.5. The first-order chi connectivity index (χ1) is 13.2. The van der Waals surface area contributed by atoms with E-state index in [1.165, 1.54) is 0 Å². The summed E-state index contributed by atoms with van der Waals surface area (Å²) in [4.78, 5) is 23.4. The van der Waals surface area contributed by atoms with Gasteiger partial charge in [0.15, 0.2) is 0 Å². The number of benzene rings is 1. The van der Waals surface area contributed by atoms with E-state index in [1.54, 1.807) is 21.8 Å². The van der Waals surface area contributed by atoms with E-state index in [0.29, 0.717) is 37.8 Å². The van der Waals surface area contributed by atoms with Crippen LogP contribution in [0.25, 0.3) is 0 Å². The maximum absolute atomic E-state index is 12.8. The maximum atomic E-state index is 12.8. The van der Waals surface area contributed by atoms with Crippen molar-refractivity contribution in [2.45, 2.75) is 33.0 Å². The molecule has 0 aliphatic carbocycles. The highest BCUT2D eigenvalue weighted by Gasteiger charge is 2.27. The van der Waals surface area contributed by atoms with Crippen LogP contribution >= 0.6 is 0 Å². The summed E-state index contributed by atoms with van der Waals surface area (Å²) in [5.74, 6) is 1.40. The molecular formula is C20H21N5O2. The predicted octanol–water partition coefficient (Wildman–Crippen LogP) is 2.47. The zero-order valence-electron chi connectivity index (χ0n) is 15.2. The number of aryl methyl sites for hydroxylation is 1. The zero-order valence-corrected chi connectivity index (χ0v) is 15.2. The van der Waals surface area contributed by atoms with Gasteiger partial charge in [0.05, 0.1) is 13.1 Å². The van der Waals surface area contributed by atoms with Crippen LogP contribution in [0.2, 0.25) is 0 Å². The summed E-state index contributed by atoms with van der Waals surface area (Å²) in [5.41, 5.74) is 2.31. The molecule has 3 aromatic rings. The molecule has 2 aromatic heterocycles. The van der Waals surface area contributed by atoms with Crippen LogP contribution in [0.5, 0.6) is 5.75 Å². The van der Waals surface area contributed by atoms with Crippen LogP contribution in [0.1, 0.15) is 34.6 Å². The van der Waals surface area contributed by atoms with Gasteiger partial charge in [-0.05, 0) is 30.7 Å². The smallest absolute Gasteiger partial charge is 0.272 e. The number of rotatable bonds is 6. The molecule has 0 unspecified atom stereocenters. The molecule has 0 saturated carbocycles. The number of fused-ring (bicyclic) bond motifs is 1. The number of ether oxygens (including phenoxy) is 1. The molecular weight excluding hydrogens is 342 g/mol. The normalized spacial score (nSPS) is 13.5. The number of carbonyl (C=O) groups excluding carboxylic acids is 1. The lowest BCUT2D eigenvalue weighted by molar-refractivity contribution is 0.0678. The second kappa shape index (κ2) is 7.57. The molecule has 1 aromatic carbocycles. The van der Waals surface area contributed by atoms with Gasteiger partial charge in [0.1, 0.15) is 29.6 Å². The highest BCUT2D eigenvalue weighted by molar-refractivity contribution is 5.93. The topological polar surface area (TPSA) is 73.1 Å². The largest absolute Gasteiger partial charge is 0.487 e. The van der Waals surface area contributed by atoms with E-state index < -0.39 is 0 Å². The van der Waals surface area contributed by atoms with Crippen LogP contribution in [-0.4, -0.2) is 37.1 Å². The standard InChI is InChI=1S/C20H21N5O2/c1-2-15-8-9-21-19(22-15)13-24-10-11-25-18(20(24)26)12-16(23-25)14-27-17-6-4-3-5-7-17/h3-9,12H,2,10-11,13-14H2,1H3. The van der Waals surface area contributed by atoms with E-state index >= 15 is 0 Å². The molecule has 138 valence electrons. The van der Waals surface area contributed by atoms with Crippen LogP contribution in [0, 0.1) is 0 Å². The van der Waals surface area contributed by atoms with Crippen molar-refractivity contribution >= 4 is 5.91 Å². The van der Waals surface area contributed by atoms with Crippen molar-refractivity contribution in [3.63, 3.8) is 0 Å². The van der Waals surface area contributed by atoms with E-state index in [-0.39, 0.29) is 5.91 Å². The molecule has 0 radical (unpaired) electrons. The Morgan fingerprint density at radius 2 is 1.96 bits per heavy atom. The van der Waals surface area contributed by atoms with Gasteiger partial charge in [0, 0.05) is 18.4 Å². The Morgan fingerprint density at radius 3 is 2.78 bits per heavy atom. The number of hydrogen-bond donors (Lipinski definition) is 0. The van der Waals surface area contributed by atoms with Crippen molar-refractivity contribution < 1.29 is 9.53 Å². The van der Waals surface area contributed by atoms with Crippen LogP contribution in [-0.2, 0) is 26.1 Å². The number of nitrogens with zero attached hydrogens (tertiary/aromatic N) is 5. The molecule has 1 aliphatic heterocycles. The second-order valence-electron chi connectivity index (χ2n) is 6.39. The third-order valence-corrected chi connectivity index (χ3v) is 4.51. The Morgan fingerprint density at radius 1 is 1.11 bits per heavy atom. The molecule has 0 atom stereocenters. The monoisotopic (exact) mass is 363 g/mol. The molecule has 1 aliphatic rings. The summed E-state index contributed by atoms with van der Waals surface area (Å²) >= 11 is 0. The van der Waals surface area contributed by atoms with Crippen LogP contribution in [0.3, 0.4) is 0 Å².